The van der Waals surface area contributed by atoms with E-state index in [2.05, 4.69) is 10.3 Å². The van der Waals surface area contributed by atoms with Crippen LogP contribution in [0.5, 0.6) is 0 Å². The van der Waals surface area contributed by atoms with Crippen LogP contribution in [0.1, 0.15) is 22.7 Å². The second-order valence-corrected chi connectivity index (χ2v) is 10.8. The molecule has 3 aromatic rings. The third-order valence-electron chi connectivity index (χ3n) is 4.41. The summed E-state index contributed by atoms with van der Waals surface area (Å²) in [4.78, 5) is 17.5. The van der Waals surface area contributed by atoms with E-state index in [9.17, 15) is 13.2 Å². The molecule has 142 valence electrons. The van der Waals surface area contributed by atoms with Crippen LogP contribution < -0.4 is 5.32 Å². The number of para-hydroxylation sites is 1. The van der Waals surface area contributed by atoms with E-state index in [0.717, 1.165) is 32.9 Å². The molecule has 0 atom stereocenters. The first kappa shape index (κ1) is 18.5. The average Bonchev–Trinajstić information content (AvgIpc) is 3.39. The first-order chi connectivity index (χ1) is 13.0. The highest BCUT2D eigenvalue weighted by Crippen LogP contribution is 2.27. The molecule has 1 aliphatic heterocycles. The molecule has 0 unspecified atom stereocenters. The smallest absolute Gasteiger partial charge is 0.252 e. The van der Waals surface area contributed by atoms with Crippen molar-refractivity contribution in [2.24, 2.45) is 0 Å². The fraction of sp³-hybridized carbons (Fsp3) is 0.333. The largest absolute Gasteiger partial charge is 0.349 e. The van der Waals surface area contributed by atoms with Crippen molar-refractivity contribution in [1.29, 1.82) is 0 Å². The van der Waals surface area contributed by atoms with Crippen LogP contribution in [0.15, 0.2) is 40.6 Å². The summed E-state index contributed by atoms with van der Waals surface area (Å²) in [7, 11) is -3.41. The van der Waals surface area contributed by atoms with Gasteiger partial charge in [0.25, 0.3) is 10.0 Å². The number of amides is 1. The summed E-state index contributed by atoms with van der Waals surface area (Å²) < 4.78 is 28.1. The van der Waals surface area contributed by atoms with Crippen LogP contribution >= 0.6 is 22.7 Å². The molecule has 3 heterocycles. The van der Waals surface area contributed by atoms with E-state index in [1.54, 1.807) is 23.5 Å². The van der Waals surface area contributed by atoms with Crippen LogP contribution in [0.3, 0.4) is 0 Å². The number of hydrogen-bond donors (Lipinski definition) is 1. The zero-order valence-electron chi connectivity index (χ0n) is 14.6. The lowest BCUT2D eigenvalue weighted by molar-refractivity contribution is -0.120. The molecule has 0 bridgehead atoms. The molecule has 1 N–H and O–H groups in total. The highest BCUT2D eigenvalue weighted by molar-refractivity contribution is 7.91. The van der Waals surface area contributed by atoms with Gasteiger partial charge in [0.1, 0.15) is 9.22 Å². The molecule has 1 aliphatic rings. The maximum absolute atomic E-state index is 12.6. The average molecular weight is 422 g/mol. The molecule has 4 rings (SSSR count). The standard InChI is InChI=1S/C18H19N3O3S3/c22-16(19-12-17-20-14-5-1-2-6-15(14)26-17)11-13-7-8-18(25-13)27(23,24)21-9-3-4-10-21/h1-2,5-8H,3-4,9-12H2,(H,19,22). The van der Waals surface area contributed by atoms with Crippen LogP contribution in [0.25, 0.3) is 10.2 Å². The summed E-state index contributed by atoms with van der Waals surface area (Å²) in [6, 6.07) is 11.2. The van der Waals surface area contributed by atoms with Crippen molar-refractivity contribution in [2.75, 3.05) is 13.1 Å². The molecule has 6 nitrogen and oxygen atoms in total. The summed E-state index contributed by atoms with van der Waals surface area (Å²) in [5, 5.41) is 3.72. The lowest BCUT2D eigenvalue weighted by Crippen LogP contribution is -2.27. The van der Waals surface area contributed by atoms with Gasteiger partial charge >= 0.3 is 0 Å². The molecular weight excluding hydrogens is 402 g/mol. The molecule has 0 radical (unpaired) electrons. The van der Waals surface area contributed by atoms with Gasteiger partial charge in [-0.25, -0.2) is 13.4 Å². The van der Waals surface area contributed by atoms with E-state index in [1.165, 1.54) is 15.6 Å². The van der Waals surface area contributed by atoms with Gasteiger partial charge in [-0.15, -0.1) is 22.7 Å². The number of aromatic nitrogens is 1. The monoisotopic (exact) mass is 421 g/mol. The molecule has 1 fully saturated rings. The van der Waals surface area contributed by atoms with E-state index in [1.807, 2.05) is 24.3 Å². The quantitative estimate of drug-likeness (QED) is 0.664. The molecule has 9 heteroatoms. The van der Waals surface area contributed by atoms with Crippen LogP contribution in [0, 0.1) is 0 Å². The zero-order valence-corrected chi connectivity index (χ0v) is 17.0. The summed E-state index contributed by atoms with van der Waals surface area (Å²) in [5.74, 6) is -0.138. The summed E-state index contributed by atoms with van der Waals surface area (Å²) in [6.45, 7) is 1.54. The van der Waals surface area contributed by atoms with E-state index in [4.69, 9.17) is 0 Å². The third-order valence-corrected chi connectivity index (χ3v) is 8.89. The van der Waals surface area contributed by atoms with Crippen molar-refractivity contribution in [3.8, 4) is 0 Å². The molecular formula is C18H19N3O3S3. The van der Waals surface area contributed by atoms with E-state index >= 15 is 0 Å². The Bertz CT molecular complexity index is 1030. The number of thiophene rings is 1. The number of sulfonamides is 1. The molecule has 1 aromatic carbocycles. The maximum atomic E-state index is 12.6. The first-order valence-corrected chi connectivity index (χ1v) is 11.8. The van der Waals surface area contributed by atoms with Crippen molar-refractivity contribution in [1.82, 2.24) is 14.6 Å². The number of nitrogens with zero attached hydrogens (tertiary/aromatic N) is 2. The highest BCUT2D eigenvalue weighted by atomic mass is 32.2. The highest BCUT2D eigenvalue weighted by Gasteiger charge is 2.28. The number of rotatable bonds is 6. The predicted molar refractivity (Wildman–Crippen MR) is 107 cm³/mol. The van der Waals surface area contributed by atoms with Crippen molar-refractivity contribution < 1.29 is 13.2 Å². The van der Waals surface area contributed by atoms with Gasteiger partial charge in [0.2, 0.25) is 5.91 Å². The number of benzene rings is 1. The predicted octanol–water partition coefficient (Wildman–Crippen LogP) is 3.00. The van der Waals surface area contributed by atoms with Crippen LogP contribution in [-0.2, 0) is 27.8 Å². The zero-order chi connectivity index (χ0) is 18.9. The van der Waals surface area contributed by atoms with Crippen LogP contribution in [-0.4, -0.2) is 36.7 Å². The summed E-state index contributed by atoms with van der Waals surface area (Å²) >= 11 is 2.74. The Morgan fingerprint density at radius 1 is 1.11 bits per heavy atom. The van der Waals surface area contributed by atoms with Gasteiger partial charge in [0.15, 0.2) is 0 Å². The molecule has 0 spiro atoms. The summed E-state index contributed by atoms with van der Waals surface area (Å²) in [5.41, 5.74) is 0.932. The minimum atomic E-state index is -3.41. The Morgan fingerprint density at radius 3 is 2.67 bits per heavy atom. The van der Waals surface area contributed by atoms with Crippen molar-refractivity contribution >= 4 is 48.8 Å². The Balaban J connectivity index is 1.36. The number of carbonyl (C=O) groups excluding carboxylic acids is 1. The Hall–Kier alpha value is -1.81. The number of hydrogen-bond acceptors (Lipinski definition) is 6. The van der Waals surface area contributed by atoms with E-state index in [-0.39, 0.29) is 12.3 Å². The van der Waals surface area contributed by atoms with E-state index < -0.39 is 10.0 Å². The minimum absolute atomic E-state index is 0.138. The van der Waals surface area contributed by atoms with Gasteiger partial charge in [-0.1, -0.05) is 12.1 Å². The lowest BCUT2D eigenvalue weighted by atomic mass is 10.3. The minimum Gasteiger partial charge on any atom is -0.349 e. The third kappa shape index (κ3) is 4.06. The van der Waals surface area contributed by atoms with Gasteiger partial charge in [0.05, 0.1) is 23.2 Å². The molecule has 2 aromatic heterocycles. The topological polar surface area (TPSA) is 79.4 Å². The van der Waals surface area contributed by atoms with Crippen molar-refractivity contribution in [2.45, 2.75) is 30.0 Å². The van der Waals surface area contributed by atoms with Gasteiger partial charge in [-0.05, 0) is 37.1 Å². The number of fused-ring (bicyclic) bond motifs is 1. The SMILES string of the molecule is O=C(Cc1ccc(S(=O)(=O)N2CCCC2)s1)NCc1nc2ccccc2s1. The van der Waals surface area contributed by atoms with Gasteiger partial charge in [-0.2, -0.15) is 4.31 Å². The van der Waals surface area contributed by atoms with Gasteiger partial charge in [0, 0.05) is 18.0 Å². The number of carbonyl (C=O) groups is 1. The second kappa shape index (κ2) is 7.67. The van der Waals surface area contributed by atoms with Gasteiger partial charge < -0.3 is 5.32 Å². The molecule has 1 saturated heterocycles. The molecule has 0 aliphatic carbocycles. The Labute approximate surface area is 165 Å². The fourth-order valence-corrected chi connectivity index (χ4v) is 6.97. The lowest BCUT2D eigenvalue weighted by Gasteiger charge is -2.13. The Morgan fingerprint density at radius 2 is 1.89 bits per heavy atom. The van der Waals surface area contributed by atoms with Crippen LogP contribution in [0.2, 0.25) is 0 Å². The van der Waals surface area contributed by atoms with Gasteiger partial charge in [-0.3, -0.25) is 4.79 Å². The number of thiazole rings is 1. The first-order valence-electron chi connectivity index (χ1n) is 8.72. The Kier molecular flexibility index (Phi) is 5.27. The molecule has 0 saturated carbocycles. The maximum Gasteiger partial charge on any atom is 0.252 e. The normalized spacial score (nSPS) is 15.4. The molecule has 1 amide bonds. The van der Waals surface area contributed by atoms with Crippen molar-refractivity contribution in [3.05, 3.63) is 46.3 Å². The fourth-order valence-electron chi connectivity index (χ4n) is 3.04. The second-order valence-electron chi connectivity index (χ2n) is 6.36. The van der Waals surface area contributed by atoms with Crippen LogP contribution in [0.4, 0.5) is 0 Å². The van der Waals surface area contributed by atoms with E-state index in [0.29, 0.717) is 23.8 Å². The number of nitrogens with one attached hydrogen (secondary N) is 1. The summed E-state index contributed by atoms with van der Waals surface area (Å²) in [6.07, 6.45) is 1.99. The van der Waals surface area contributed by atoms with Crippen molar-refractivity contribution in [3.63, 3.8) is 0 Å². The molecule has 27 heavy (non-hydrogen) atoms.